The first kappa shape index (κ1) is 17.1. The zero-order valence-electron chi connectivity index (χ0n) is 14.4. The molecule has 2 aromatic carbocycles. The molecule has 1 saturated heterocycles. The first-order valence-corrected chi connectivity index (χ1v) is 8.26. The highest BCUT2D eigenvalue weighted by atomic mass is 16.5. The van der Waals surface area contributed by atoms with Crippen LogP contribution in [0.2, 0.25) is 0 Å². The lowest BCUT2D eigenvalue weighted by Crippen LogP contribution is -2.20. The molecule has 1 aliphatic heterocycles. The topological polar surface area (TPSA) is 65.0 Å². The second-order valence-corrected chi connectivity index (χ2v) is 6.26. The van der Waals surface area contributed by atoms with Crippen molar-refractivity contribution in [2.75, 3.05) is 20.8 Å². The van der Waals surface area contributed by atoms with Crippen LogP contribution in [0.15, 0.2) is 42.5 Å². The summed E-state index contributed by atoms with van der Waals surface area (Å²) in [5.74, 6) is 1.27. The molecule has 0 radical (unpaired) electrons. The highest BCUT2D eigenvalue weighted by Crippen LogP contribution is 2.33. The van der Waals surface area contributed by atoms with Gasteiger partial charge in [-0.05, 0) is 48.2 Å². The van der Waals surface area contributed by atoms with Gasteiger partial charge in [0.05, 0.1) is 26.7 Å². The number of carbonyl (C=O) groups excluding carboxylic acids is 1. The number of esters is 1. The Morgan fingerprint density at radius 2 is 1.80 bits per heavy atom. The largest absolute Gasteiger partial charge is 0.508 e. The molecular weight excluding hydrogens is 320 g/mol. The van der Waals surface area contributed by atoms with Crippen molar-refractivity contribution in [1.29, 1.82) is 0 Å². The first-order chi connectivity index (χ1) is 12.1. The minimum Gasteiger partial charge on any atom is -0.508 e. The molecule has 3 rings (SSSR count). The summed E-state index contributed by atoms with van der Waals surface area (Å²) in [6.45, 7) is 0.413. The van der Waals surface area contributed by atoms with Crippen LogP contribution in [0, 0.1) is 11.8 Å². The van der Waals surface area contributed by atoms with Crippen molar-refractivity contribution < 1.29 is 24.1 Å². The smallest absolute Gasteiger partial charge is 0.309 e. The second kappa shape index (κ2) is 7.47. The molecule has 2 aromatic rings. The van der Waals surface area contributed by atoms with Gasteiger partial charge in [0.1, 0.15) is 5.75 Å². The van der Waals surface area contributed by atoms with Gasteiger partial charge in [-0.3, -0.25) is 4.79 Å². The molecular formula is C20H22O5. The number of methoxy groups -OCH3 is 2. The summed E-state index contributed by atoms with van der Waals surface area (Å²) >= 11 is 0. The van der Waals surface area contributed by atoms with E-state index in [4.69, 9.17) is 14.2 Å². The highest BCUT2D eigenvalue weighted by molar-refractivity contribution is 5.75. The van der Waals surface area contributed by atoms with Gasteiger partial charge in [-0.2, -0.15) is 0 Å². The Hall–Kier alpha value is -2.69. The Balaban J connectivity index is 1.75. The van der Waals surface area contributed by atoms with Crippen LogP contribution in [-0.2, 0) is 22.4 Å². The summed E-state index contributed by atoms with van der Waals surface area (Å²) < 4.78 is 15.9. The number of rotatable bonds is 6. The quantitative estimate of drug-likeness (QED) is 0.818. The molecule has 1 N–H and O–H groups in total. The van der Waals surface area contributed by atoms with Crippen LogP contribution in [-0.4, -0.2) is 31.9 Å². The number of aromatic hydroxyl groups is 1. The molecule has 0 aromatic heterocycles. The van der Waals surface area contributed by atoms with Gasteiger partial charge in [0.2, 0.25) is 0 Å². The zero-order valence-corrected chi connectivity index (χ0v) is 14.4. The lowest BCUT2D eigenvalue weighted by atomic mass is 9.85. The van der Waals surface area contributed by atoms with E-state index < -0.39 is 0 Å². The van der Waals surface area contributed by atoms with E-state index in [0.717, 1.165) is 17.5 Å². The average Bonchev–Trinajstić information content (AvgIpc) is 2.95. The van der Waals surface area contributed by atoms with Gasteiger partial charge in [0, 0.05) is 5.92 Å². The minimum absolute atomic E-state index is 0.0907. The SMILES string of the molecule is COc1ccc(CC2COC(=O)[C@@H]2Cc2cccc(O)c2)cc1OC. The Morgan fingerprint density at radius 1 is 1.04 bits per heavy atom. The van der Waals surface area contributed by atoms with Gasteiger partial charge in [0.15, 0.2) is 11.5 Å². The molecule has 5 nitrogen and oxygen atoms in total. The maximum atomic E-state index is 12.2. The Bertz CT molecular complexity index is 756. The fourth-order valence-corrected chi connectivity index (χ4v) is 3.30. The number of phenolic OH excluding ortho intramolecular Hbond substituents is 1. The van der Waals surface area contributed by atoms with Crippen LogP contribution in [0.25, 0.3) is 0 Å². The third-order valence-corrected chi connectivity index (χ3v) is 4.62. The number of benzene rings is 2. The van der Waals surface area contributed by atoms with Gasteiger partial charge < -0.3 is 19.3 Å². The van der Waals surface area contributed by atoms with Crippen LogP contribution in [0.1, 0.15) is 11.1 Å². The summed E-state index contributed by atoms with van der Waals surface area (Å²) in [5, 5.41) is 9.62. The zero-order chi connectivity index (χ0) is 17.8. The molecule has 0 spiro atoms. The maximum Gasteiger partial charge on any atom is 0.309 e. The second-order valence-electron chi connectivity index (χ2n) is 6.26. The van der Waals surface area contributed by atoms with Crippen molar-refractivity contribution >= 4 is 5.97 Å². The molecule has 25 heavy (non-hydrogen) atoms. The summed E-state index contributed by atoms with van der Waals surface area (Å²) in [7, 11) is 3.21. The normalized spacial score (nSPS) is 19.5. The van der Waals surface area contributed by atoms with E-state index in [9.17, 15) is 9.90 Å². The summed E-state index contributed by atoms with van der Waals surface area (Å²) in [6, 6.07) is 12.8. The third kappa shape index (κ3) is 3.87. The van der Waals surface area contributed by atoms with Crippen molar-refractivity contribution in [2.24, 2.45) is 11.8 Å². The van der Waals surface area contributed by atoms with E-state index in [1.165, 1.54) is 0 Å². The predicted octanol–water partition coefficient (Wildman–Crippen LogP) is 2.98. The molecule has 0 aliphatic carbocycles. The van der Waals surface area contributed by atoms with Crippen LogP contribution in [0.4, 0.5) is 0 Å². The van der Waals surface area contributed by atoms with Crippen LogP contribution in [0.5, 0.6) is 17.2 Å². The molecule has 0 saturated carbocycles. The van der Waals surface area contributed by atoms with Crippen LogP contribution in [0.3, 0.4) is 0 Å². The van der Waals surface area contributed by atoms with Crippen molar-refractivity contribution in [3.05, 3.63) is 53.6 Å². The van der Waals surface area contributed by atoms with E-state index in [2.05, 4.69) is 0 Å². The fraction of sp³-hybridized carbons (Fsp3) is 0.350. The molecule has 1 heterocycles. The molecule has 1 fully saturated rings. The highest BCUT2D eigenvalue weighted by Gasteiger charge is 2.36. The van der Waals surface area contributed by atoms with E-state index in [1.54, 1.807) is 32.4 Å². The third-order valence-electron chi connectivity index (χ3n) is 4.62. The van der Waals surface area contributed by atoms with E-state index in [0.29, 0.717) is 24.5 Å². The molecule has 1 unspecified atom stereocenters. The first-order valence-electron chi connectivity index (χ1n) is 8.26. The Labute approximate surface area is 147 Å². The Kier molecular flexibility index (Phi) is 5.12. The van der Waals surface area contributed by atoms with Gasteiger partial charge >= 0.3 is 5.97 Å². The minimum atomic E-state index is -0.213. The van der Waals surface area contributed by atoms with E-state index in [-0.39, 0.29) is 23.6 Å². The number of cyclic esters (lactones) is 1. The fourth-order valence-electron chi connectivity index (χ4n) is 3.30. The summed E-state index contributed by atoms with van der Waals surface area (Å²) in [5.41, 5.74) is 2.00. The van der Waals surface area contributed by atoms with Gasteiger partial charge in [-0.1, -0.05) is 18.2 Å². The number of hydrogen-bond acceptors (Lipinski definition) is 5. The van der Waals surface area contributed by atoms with Crippen molar-refractivity contribution in [2.45, 2.75) is 12.8 Å². The molecule has 5 heteroatoms. The lowest BCUT2D eigenvalue weighted by molar-refractivity contribution is -0.141. The number of carbonyl (C=O) groups is 1. The summed E-state index contributed by atoms with van der Waals surface area (Å²) in [4.78, 5) is 12.2. The Morgan fingerprint density at radius 3 is 2.52 bits per heavy atom. The van der Waals surface area contributed by atoms with Gasteiger partial charge in [0.25, 0.3) is 0 Å². The lowest BCUT2D eigenvalue weighted by Gasteiger charge is -2.16. The van der Waals surface area contributed by atoms with Crippen LogP contribution >= 0.6 is 0 Å². The van der Waals surface area contributed by atoms with E-state index >= 15 is 0 Å². The van der Waals surface area contributed by atoms with Crippen molar-refractivity contribution in [3.63, 3.8) is 0 Å². The predicted molar refractivity (Wildman–Crippen MR) is 93.0 cm³/mol. The number of ether oxygens (including phenoxy) is 3. The molecule has 0 amide bonds. The van der Waals surface area contributed by atoms with E-state index in [1.807, 2.05) is 24.3 Å². The molecule has 1 aliphatic rings. The van der Waals surface area contributed by atoms with Crippen molar-refractivity contribution in [1.82, 2.24) is 0 Å². The van der Waals surface area contributed by atoms with Gasteiger partial charge in [-0.15, -0.1) is 0 Å². The summed E-state index contributed by atoms with van der Waals surface area (Å²) in [6.07, 6.45) is 1.28. The molecule has 2 atom stereocenters. The monoisotopic (exact) mass is 342 g/mol. The standard InChI is InChI=1S/C20H22O5/c1-23-18-7-6-14(11-19(18)24-2)8-15-12-25-20(22)17(15)10-13-4-3-5-16(21)9-13/h3-7,9,11,15,17,21H,8,10,12H2,1-2H3/t15?,17-/m1/s1. The van der Waals surface area contributed by atoms with Crippen LogP contribution < -0.4 is 9.47 Å². The maximum absolute atomic E-state index is 12.2. The average molecular weight is 342 g/mol. The van der Waals surface area contributed by atoms with Gasteiger partial charge in [-0.25, -0.2) is 0 Å². The molecule has 0 bridgehead atoms. The number of hydrogen-bond donors (Lipinski definition) is 1. The number of phenols is 1. The molecule has 132 valence electrons. The van der Waals surface area contributed by atoms with Crippen molar-refractivity contribution in [3.8, 4) is 17.2 Å².